The lowest BCUT2D eigenvalue weighted by molar-refractivity contribution is 0.0945. The van der Waals surface area contributed by atoms with Crippen LogP contribution in [0.25, 0.3) is 0 Å². The van der Waals surface area contributed by atoms with Crippen molar-refractivity contribution in [1.82, 2.24) is 0 Å². The molecule has 0 spiro atoms. The molecule has 0 saturated heterocycles. The first-order valence-corrected chi connectivity index (χ1v) is 6.27. The van der Waals surface area contributed by atoms with E-state index in [1.54, 1.807) is 13.8 Å². The molecule has 0 aliphatic rings. The van der Waals surface area contributed by atoms with Crippen LogP contribution in [0.2, 0.25) is 0 Å². The van der Waals surface area contributed by atoms with Gasteiger partial charge in [-0.15, -0.1) is 0 Å². The van der Waals surface area contributed by atoms with E-state index in [4.69, 9.17) is 0 Å². The van der Waals surface area contributed by atoms with Gasteiger partial charge in [-0.1, -0.05) is 0 Å². The largest absolute Gasteiger partial charge is 0.389 e. The van der Waals surface area contributed by atoms with E-state index in [1.807, 2.05) is 0 Å². The molecule has 3 nitrogen and oxygen atoms in total. The molecule has 0 aromatic heterocycles. The molecule has 0 heterocycles. The maximum Gasteiger partial charge on any atom is 0.0763 e. The summed E-state index contributed by atoms with van der Waals surface area (Å²) in [7, 11) is 0. The van der Waals surface area contributed by atoms with Gasteiger partial charge in [0.1, 0.15) is 0 Å². The molecule has 0 unspecified atom stereocenters. The fourth-order valence-electron chi connectivity index (χ4n) is 1.70. The van der Waals surface area contributed by atoms with Crippen LogP contribution in [-0.4, -0.2) is 30.3 Å². The lowest BCUT2D eigenvalue weighted by atomic mass is 10.1. The van der Waals surface area contributed by atoms with Crippen LogP contribution in [0.4, 0.5) is 11.4 Å². The van der Waals surface area contributed by atoms with E-state index >= 15 is 0 Å². The van der Waals surface area contributed by atoms with Gasteiger partial charge in [0.05, 0.1) is 5.60 Å². The smallest absolute Gasteiger partial charge is 0.0763 e. The van der Waals surface area contributed by atoms with Crippen LogP contribution < -0.4 is 10.2 Å². The molecule has 96 valence electrons. The Balaban J connectivity index is 2.62. The normalized spacial score (nSPS) is 11.4. The minimum atomic E-state index is -0.683. The lowest BCUT2D eigenvalue weighted by Crippen LogP contribution is -2.29. The van der Waals surface area contributed by atoms with Gasteiger partial charge in [-0.2, -0.15) is 0 Å². The van der Waals surface area contributed by atoms with Crippen molar-refractivity contribution in [2.45, 2.75) is 33.3 Å². The molecular formula is C14H24N2O. The van der Waals surface area contributed by atoms with Crippen LogP contribution in [0.1, 0.15) is 27.7 Å². The summed E-state index contributed by atoms with van der Waals surface area (Å²) in [5, 5.41) is 12.8. The van der Waals surface area contributed by atoms with Gasteiger partial charge in [0.25, 0.3) is 0 Å². The van der Waals surface area contributed by atoms with Crippen molar-refractivity contribution >= 4 is 11.4 Å². The second-order valence-electron chi connectivity index (χ2n) is 4.89. The van der Waals surface area contributed by atoms with E-state index in [2.05, 4.69) is 48.3 Å². The summed E-state index contributed by atoms with van der Waals surface area (Å²) in [6, 6.07) is 8.33. The van der Waals surface area contributed by atoms with E-state index in [0.717, 1.165) is 18.8 Å². The number of aliphatic hydroxyl groups is 1. The number of nitrogens with one attached hydrogen (secondary N) is 1. The number of anilines is 2. The molecule has 0 fully saturated rings. The van der Waals surface area contributed by atoms with Crippen LogP contribution in [0.15, 0.2) is 24.3 Å². The quantitative estimate of drug-likeness (QED) is 0.797. The molecule has 0 bridgehead atoms. The fourth-order valence-corrected chi connectivity index (χ4v) is 1.70. The average Bonchev–Trinajstić information content (AvgIpc) is 2.29. The minimum absolute atomic E-state index is 0.553. The third kappa shape index (κ3) is 4.65. The molecule has 0 amide bonds. The van der Waals surface area contributed by atoms with Crippen molar-refractivity contribution in [1.29, 1.82) is 0 Å². The summed E-state index contributed by atoms with van der Waals surface area (Å²) in [5.41, 5.74) is 1.60. The fraction of sp³-hybridized carbons (Fsp3) is 0.571. The molecule has 3 heteroatoms. The zero-order valence-corrected chi connectivity index (χ0v) is 11.3. The highest BCUT2D eigenvalue weighted by atomic mass is 16.3. The highest BCUT2D eigenvalue weighted by Crippen LogP contribution is 2.18. The zero-order valence-electron chi connectivity index (χ0n) is 11.3. The predicted octanol–water partition coefficient (Wildman–Crippen LogP) is 2.72. The first kappa shape index (κ1) is 13.8. The third-order valence-corrected chi connectivity index (χ3v) is 2.72. The maximum atomic E-state index is 9.63. The van der Waals surface area contributed by atoms with Gasteiger partial charge in [0, 0.05) is 31.0 Å². The van der Waals surface area contributed by atoms with Gasteiger partial charge in [-0.05, 0) is 52.0 Å². The van der Waals surface area contributed by atoms with Crippen molar-refractivity contribution in [3.63, 3.8) is 0 Å². The van der Waals surface area contributed by atoms with Gasteiger partial charge in [-0.3, -0.25) is 0 Å². The van der Waals surface area contributed by atoms with Crippen molar-refractivity contribution in [2.24, 2.45) is 0 Å². The molecule has 1 aromatic rings. The van der Waals surface area contributed by atoms with Crippen LogP contribution in [-0.2, 0) is 0 Å². The van der Waals surface area contributed by atoms with Crippen LogP contribution >= 0.6 is 0 Å². The predicted molar refractivity (Wildman–Crippen MR) is 74.8 cm³/mol. The average molecular weight is 236 g/mol. The third-order valence-electron chi connectivity index (χ3n) is 2.72. The molecule has 0 aliphatic carbocycles. The summed E-state index contributed by atoms with van der Waals surface area (Å²) in [6.45, 7) is 10.5. The minimum Gasteiger partial charge on any atom is -0.389 e. The standard InChI is InChI=1S/C14H24N2O/c1-5-16(6-2)13-9-7-12(8-10-13)15-11-14(3,4)17/h7-10,15,17H,5-6,11H2,1-4H3. The summed E-state index contributed by atoms with van der Waals surface area (Å²) in [6.07, 6.45) is 0. The molecule has 0 aliphatic heterocycles. The van der Waals surface area contributed by atoms with E-state index in [9.17, 15) is 5.11 Å². The first-order chi connectivity index (χ1) is 7.96. The summed E-state index contributed by atoms with van der Waals surface area (Å²) in [4.78, 5) is 2.31. The molecule has 1 aromatic carbocycles. The molecule has 0 saturated carbocycles. The Morgan fingerprint density at radius 1 is 1.12 bits per heavy atom. The number of rotatable bonds is 6. The second-order valence-corrected chi connectivity index (χ2v) is 4.89. The monoisotopic (exact) mass is 236 g/mol. The van der Waals surface area contributed by atoms with Crippen LogP contribution in [0.3, 0.4) is 0 Å². The Hall–Kier alpha value is -1.22. The lowest BCUT2D eigenvalue weighted by Gasteiger charge is -2.22. The molecule has 17 heavy (non-hydrogen) atoms. The number of hydrogen-bond donors (Lipinski definition) is 2. The van der Waals surface area contributed by atoms with Gasteiger partial charge >= 0.3 is 0 Å². The zero-order chi connectivity index (χ0) is 12.9. The molecule has 1 rings (SSSR count). The van der Waals surface area contributed by atoms with Crippen molar-refractivity contribution < 1.29 is 5.11 Å². The summed E-state index contributed by atoms with van der Waals surface area (Å²) < 4.78 is 0. The van der Waals surface area contributed by atoms with Gasteiger partial charge < -0.3 is 15.3 Å². The molecule has 0 radical (unpaired) electrons. The van der Waals surface area contributed by atoms with Crippen molar-refractivity contribution in [3.8, 4) is 0 Å². The van der Waals surface area contributed by atoms with E-state index in [-0.39, 0.29) is 0 Å². The topological polar surface area (TPSA) is 35.5 Å². The van der Waals surface area contributed by atoms with Crippen molar-refractivity contribution in [3.05, 3.63) is 24.3 Å². The van der Waals surface area contributed by atoms with Gasteiger partial charge in [0.2, 0.25) is 0 Å². The van der Waals surface area contributed by atoms with E-state index in [1.165, 1.54) is 5.69 Å². The van der Waals surface area contributed by atoms with Crippen LogP contribution in [0.5, 0.6) is 0 Å². The molecule has 0 atom stereocenters. The van der Waals surface area contributed by atoms with E-state index in [0.29, 0.717) is 6.54 Å². The number of benzene rings is 1. The van der Waals surface area contributed by atoms with E-state index < -0.39 is 5.60 Å². The Kier molecular flexibility index (Phi) is 4.82. The highest BCUT2D eigenvalue weighted by molar-refractivity contribution is 5.55. The van der Waals surface area contributed by atoms with Crippen molar-refractivity contribution in [2.75, 3.05) is 29.9 Å². The molecular weight excluding hydrogens is 212 g/mol. The number of hydrogen-bond acceptors (Lipinski definition) is 3. The summed E-state index contributed by atoms with van der Waals surface area (Å²) in [5.74, 6) is 0. The Morgan fingerprint density at radius 3 is 2.06 bits per heavy atom. The van der Waals surface area contributed by atoms with Gasteiger partial charge in [0.15, 0.2) is 0 Å². The number of nitrogens with zero attached hydrogens (tertiary/aromatic N) is 1. The molecule has 2 N–H and O–H groups in total. The maximum absolute atomic E-state index is 9.63. The Morgan fingerprint density at radius 2 is 1.65 bits per heavy atom. The first-order valence-electron chi connectivity index (χ1n) is 6.27. The van der Waals surface area contributed by atoms with Gasteiger partial charge in [-0.25, -0.2) is 0 Å². The SMILES string of the molecule is CCN(CC)c1ccc(NCC(C)(C)O)cc1. The van der Waals surface area contributed by atoms with Crippen LogP contribution in [0, 0.1) is 0 Å². The Bertz CT molecular complexity index is 323. The highest BCUT2D eigenvalue weighted by Gasteiger charge is 2.11. The Labute approximate surface area is 104 Å². The second kappa shape index (κ2) is 5.92. The summed E-state index contributed by atoms with van der Waals surface area (Å²) >= 11 is 0.